The Bertz CT molecular complexity index is 644. The van der Waals surface area contributed by atoms with Crippen molar-refractivity contribution in [3.8, 4) is 5.69 Å². The lowest BCUT2D eigenvalue weighted by molar-refractivity contribution is 0.0528. The molecule has 2 aromatic rings. The number of hydrogen-bond donors (Lipinski definition) is 1. The van der Waals surface area contributed by atoms with E-state index < -0.39 is 11.7 Å². The van der Waals surface area contributed by atoms with E-state index in [4.69, 9.17) is 4.74 Å². The zero-order valence-corrected chi connectivity index (χ0v) is 13.5. The Labute approximate surface area is 130 Å². The molecular weight excluding hydrogens is 280 g/mol. The maximum atomic E-state index is 11.6. The van der Waals surface area contributed by atoms with Gasteiger partial charge in [-0.25, -0.2) is 9.78 Å². The van der Waals surface area contributed by atoms with Crippen molar-refractivity contribution in [2.75, 3.05) is 6.54 Å². The smallest absolute Gasteiger partial charge is 0.407 e. The topological polar surface area (TPSA) is 69.0 Å². The number of nitrogens with one attached hydrogen (secondary N) is 1. The normalized spacial score (nSPS) is 11.3. The van der Waals surface area contributed by atoms with E-state index in [0.717, 1.165) is 16.9 Å². The first-order valence-electron chi connectivity index (χ1n) is 7.26. The van der Waals surface area contributed by atoms with Crippen molar-refractivity contribution >= 4 is 6.09 Å². The average molecular weight is 302 g/mol. The number of carbonyl (C=O) groups excluding carboxylic acids is 1. The molecule has 2 rings (SSSR count). The van der Waals surface area contributed by atoms with Crippen LogP contribution in [0.5, 0.6) is 0 Å². The first kappa shape index (κ1) is 16.0. The van der Waals surface area contributed by atoms with Crippen LogP contribution in [0.2, 0.25) is 0 Å². The zero-order valence-electron chi connectivity index (χ0n) is 13.5. The van der Waals surface area contributed by atoms with E-state index >= 15 is 0 Å². The number of alkyl carbamates (subject to hydrolysis) is 1. The standard InChI is InChI=1S/C16H22N4O2/c1-12-5-7-17-10-14(12)20-11-18-9-13(20)6-8-19-15(21)22-16(2,3)4/h5,7,9-11H,6,8H2,1-4H3,(H,19,21). The van der Waals surface area contributed by atoms with Crippen molar-refractivity contribution < 1.29 is 9.53 Å². The van der Waals surface area contributed by atoms with Crippen LogP contribution >= 0.6 is 0 Å². The van der Waals surface area contributed by atoms with Gasteiger partial charge in [0.25, 0.3) is 0 Å². The summed E-state index contributed by atoms with van der Waals surface area (Å²) in [5.74, 6) is 0. The number of aryl methyl sites for hydroxylation is 1. The number of amides is 1. The first-order chi connectivity index (χ1) is 10.4. The van der Waals surface area contributed by atoms with Crippen molar-refractivity contribution in [2.24, 2.45) is 0 Å². The highest BCUT2D eigenvalue weighted by molar-refractivity contribution is 5.67. The number of rotatable bonds is 4. The third-order valence-electron chi connectivity index (χ3n) is 3.04. The lowest BCUT2D eigenvalue weighted by Crippen LogP contribution is -2.33. The molecule has 6 nitrogen and oxygen atoms in total. The molecule has 22 heavy (non-hydrogen) atoms. The fourth-order valence-corrected chi connectivity index (χ4v) is 2.04. The summed E-state index contributed by atoms with van der Waals surface area (Å²) in [6.45, 7) is 8.03. The van der Waals surface area contributed by atoms with E-state index in [1.165, 1.54) is 0 Å². The summed E-state index contributed by atoms with van der Waals surface area (Å²) in [6.07, 6.45) is 7.38. The molecule has 118 valence electrons. The Kier molecular flexibility index (Phi) is 4.80. The Morgan fingerprint density at radius 3 is 2.77 bits per heavy atom. The van der Waals surface area contributed by atoms with Crippen LogP contribution in [0.1, 0.15) is 32.0 Å². The second-order valence-corrected chi connectivity index (χ2v) is 6.10. The summed E-state index contributed by atoms with van der Waals surface area (Å²) < 4.78 is 7.19. The third-order valence-corrected chi connectivity index (χ3v) is 3.04. The number of pyridine rings is 1. The third kappa shape index (κ3) is 4.31. The van der Waals surface area contributed by atoms with Gasteiger partial charge in [-0.1, -0.05) is 0 Å². The Balaban J connectivity index is 1.97. The number of carbonyl (C=O) groups is 1. The fourth-order valence-electron chi connectivity index (χ4n) is 2.04. The number of imidazole rings is 1. The summed E-state index contributed by atoms with van der Waals surface area (Å²) in [5, 5.41) is 2.75. The summed E-state index contributed by atoms with van der Waals surface area (Å²) in [5.41, 5.74) is 2.63. The zero-order chi connectivity index (χ0) is 16.2. The maximum Gasteiger partial charge on any atom is 0.407 e. The molecule has 1 amide bonds. The minimum atomic E-state index is -0.487. The molecular formula is C16H22N4O2. The molecule has 0 aromatic carbocycles. The van der Waals surface area contributed by atoms with Crippen molar-refractivity contribution in [2.45, 2.75) is 39.7 Å². The highest BCUT2D eigenvalue weighted by Gasteiger charge is 2.15. The van der Waals surface area contributed by atoms with Gasteiger partial charge >= 0.3 is 6.09 Å². The van der Waals surface area contributed by atoms with Gasteiger partial charge in [0.05, 0.1) is 18.2 Å². The van der Waals surface area contributed by atoms with Crippen LogP contribution in [-0.2, 0) is 11.2 Å². The Morgan fingerprint density at radius 2 is 2.09 bits per heavy atom. The average Bonchev–Trinajstić information content (AvgIpc) is 2.85. The van der Waals surface area contributed by atoms with Gasteiger partial charge in [-0.2, -0.15) is 0 Å². The van der Waals surface area contributed by atoms with E-state index in [1.54, 1.807) is 18.7 Å². The lowest BCUT2D eigenvalue weighted by Gasteiger charge is -2.19. The quantitative estimate of drug-likeness (QED) is 0.942. The van der Waals surface area contributed by atoms with Crippen LogP contribution in [0.4, 0.5) is 4.79 Å². The van der Waals surface area contributed by atoms with Crippen molar-refractivity contribution in [3.63, 3.8) is 0 Å². The van der Waals surface area contributed by atoms with Gasteiger partial charge < -0.3 is 14.6 Å². The van der Waals surface area contributed by atoms with Gasteiger partial charge in [-0.15, -0.1) is 0 Å². The van der Waals surface area contributed by atoms with Gasteiger partial charge in [0, 0.05) is 31.1 Å². The highest BCUT2D eigenvalue weighted by atomic mass is 16.6. The number of hydrogen-bond acceptors (Lipinski definition) is 4. The van der Waals surface area contributed by atoms with E-state index in [0.29, 0.717) is 13.0 Å². The maximum absolute atomic E-state index is 11.6. The summed E-state index contributed by atoms with van der Waals surface area (Å²) in [6, 6.07) is 1.96. The lowest BCUT2D eigenvalue weighted by atomic mass is 10.2. The van der Waals surface area contributed by atoms with E-state index in [-0.39, 0.29) is 0 Å². The Morgan fingerprint density at radius 1 is 1.32 bits per heavy atom. The van der Waals surface area contributed by atoms with E-state index in [9.17, 15) is 4.79 Å². The van der Waals surface area contributed by atoms with Gasteiger partial charge in [0.15, 0.2) is 0 Å². The van der Waals surface area contributed by atoms with Crippen LogP contribution in [0.25, 0.3) is 5.69 Å². The molecule has 0 radical (unpaired) electrons. The van der Waals surface area contributed by atoms with Crippen molar-refractivity contribution in [3.05, 3.63) is 42.2 Å². The minimum absolute atomic E-state index is 0.406. The summed E-state index contributed by atoms with van der Waals surface area (Å²) >= 11 is 0. The van der Waals surface area contributed by atoms with Crippen LogP contribution in [0.15, 0.2) is 31.0 Å². The van der Waals surface area contributed by atoms with Crippen LogP contribution < -0.4 is 5.32 Å². The number of ether oxygens (including phenoxy) is 1. The second kappa shape index (κ2) is 6.60. The minimum Gasteiger partial charge on any atom is -0.444 e. The van der Waals surface area contributed by atoms with Gasteiger partial charge in [-0.3, -0.25) is 4.98 Å². The molecule has 0 fully saturated rings. The molecule has 0 aliphatic rings. The molecule has 0 saturated heterocycles. The molecule has 0 aliphatic carbocycles. The van der Waals surface area contributed by atoms with E-state index in [1.807, 2.05) is 44.5 Å². The van der Waals surface area contributed by atoms with Crippen molar-refractivity contribution in [1.82, 2.24) is 19.9 Å². The van der Waals surface area contributed by atoms with Crippen LogP contribution in [-0.4, -0.2) is 32.8 Å². The molecule has 0 saturated carbocycles. The monoisotopic (exact) mass is 302 g/mol. The predicted molar refractivity (Wildman–Crippen MR) is 84.0 cm³/mol. The molecule has 2 aromatic heterocycles. The first-order valence-corrected chi connectivity index (χ1v) is 7.26. The summed E-state index contributed by atoms with van der Waals surface area (Å²) in [4.78, 5) is 20.0. The van der Waals surface area contributed by atoms with Crippen LogP contribution in [0.3, 0.4) is 0 Å². The van der Waals surface area contributed by atoms with E-state index in [2.05, 4.69) is 15.3 Å². The number of nitrogens with zero attached hydrogens (tertiary/aromatic N) is 3. The molecule has 1 N–H and O–H groups in total. The van der Waals surface area contributed by atoms with Gasteiger partial charge in [0.2, 0.25) is 0 Å². The van der Waals surface area contributed by atoms with Gasteiger partial charge in [0.1, 0.15) is 5.60 Å². The molecule has 0 spiro atoms. The van der Waals surface area contributed by atoms with Crippen molar-refractivity contribution in [1.29, 1.82) is 0 Å². The van der Waals surface area contributed by atoms with Crippen LogP contribution in [0, 0.1) is 6.92 Å². The largest absolute Gasteiger partial charge is 0.444 e. The molecule has 2 heterocycles. The summed E-state index contributed by atoms with van der Waals surface area (Å²) in [7, 11) is 0. The molecule has 6 heteroatoms. The fraction of sp³-hybridized carbons (Fsp3) is 0.438. The molecule has 0 atom stereocenters. The molecule has 0 unspecified atom stereocenters. The Hall–Kier alpha value is -2.37. The van der Waals surface area contributed by atoms with Gasteiger partial charge in [-0.05, 0) is 39.3 Å². The predicted octanol–water partition coefficient (Wildman–Crippen LogP) is 2.64. The SMILES string of the molecule is Cc1ccncc1-n1cncc1CCNC(=O)OC(C)(C)C. The molecule has 0 aliphatic heterocycles. The molecule has 0 bridgehead atoms. The number of aromatic nitrogens is 3. The highest BCUT2D eigenvalue weighted by Crippen LogP contribution is 2.14. The second-order valence-electron chi connectivity index (χ2n) is 6.10.